The number of anilines is 1. The summed E-state index contributed by atoms with van der Waals surface area (Å²) in [4.78, 5) is 40.5. The van der Waals surface area contributed by atoms with Crippen LogP contribution in [0.1, 0.15) is 53.4 Å². The summed E-state index contributed by atoms with van der Waals surface area (Å²) in [6.45, 7) is 6.16. The fourth-order valence-corrected chi connectivity index (χ4v) is 4.12. The van der Waals surface area contributed by atoms with Gasteiger partial charge in [0.15, 0.2) is 12.1 Å². The second-order valence-electron chi connectivity index (χ2n) is 9.13. The van der Waals surface area contributed by atoms with Crippen LogP contribution in [0.5, 0.6) is 0 Å². The van der Waals surface area contributed by atoms with E-state index in [1.807, 2.05) is 51.1 Å². The lowest BCUT2D eigenvalue weighted by Crippen LogP contribution is -2.48. The van der Waals surface area contributed by atoms with Crippen LogP contribution in [0.25, 0.3) is 0 Å². The summed E-state index contributed by atoms with van der Waals surface area (Å²) in [5, 5.41) is 5.88. The van der Waals surface area contributed by atoms with Gasteiger partial charge in [0.2, 0.25) is 5.91 Å². The second-order valence-corrected chi connectivity index (χ2v) is 9.13. The van der Waals surface area contributed by atoms with Crippen molar-refractivity contribution in [3.05, 3.63) is 101 Å². The van der Waals surface area contributed by atoms with E-state index in [0.29, 0.717) is 16.8 Å². The van der Waals surface area contributed by atoms with Gasteiger partial charge in [-0.05, 0) is 55.7 Å². The molecule has 0 spiro atoms. The first-order chi connectivity index (χ1) is 17.4. The molecule has 3 atom stereocenters. The molecule has 2 N–H and O–H groups in total. The van der Waals surface area contributed by atoms with Crippen LogP contribution in [-0.4, -0.2) is 34.9 Å². The number of carbonyl (C=O) groups is 3. The maximum absolute atomic E-state index is 13.4. The molecule has 1 fully saturated rings. The van der Waals surface area contributed by atoms with Crippen LogP contribution in [0.2, 0.25) is 0 Å². The molecule has 1 aliphatic heterocycles. The van der Waals surface area contributed by atoms with Crippen LogP contribution < -0.4 is 10.6 Å². The number of hydrogen-bond donors (Lipinski definition) is 2. The first-order valence-electron chi connectivity index (χ1n) is 12.1. The van der Waals surface area contributed by atoms with Crippen molar-refractivity contribution in [3.63, 3.8) is 0 Å². The average Bonchev–Trinajstić information content (AvgIpc) is 3.21. The number of carbonyl (C=O) groups excluding carboxylic acids is 3. The number of benzene rings is 3. The number of hydrogen-bond acceptors (Lipinski definition) is 4. The third kappa shape index (κ3) is 5.74. The molecular weight excluding hydrogens is 454 g/mol. The van der Waals surface area contributed by atoms with E-state index < -0.39 is 18.2 Å². The highest BCUT2D eigenvalue weighted by atomic mass is 16.6. The molecule has 4 rings (SSSR count). The number of nitrogens with zero attached hydrogens (tertiary/aromatic N) is 1. The number of nitrogens with one attached hydrogen (secondary N) is 2. The summed E-state index contributed by atoms with van der Waals surface area (Å²) in [5.41, 5.74) is 3.73. The van der Waals surface area contributed by atoms with E-state index in [9.17, 15) is 14.4 Å². The Morgan fingerprint density at radius 2 is 1.72 bits per heavy atom. The minimum absolute atomic E-state index is 0.0495. The van der Waals surface area contributed by atoms with Crippen molar-refractivity contribution < 1.29 is 19.1 Å². The zero-order valence-corrected chi connectivity index (χ0v) is 20.7. The normalized spacial score (nSPS) is 17.9. The summed E-state index contributed by atoms with van der Waals surface area (Å²) >= 11 is 0. The van der Waals surface area contributed by atoms with E-state index in [-0.39, 0.29) is 24.4 Å². The molecule has 0 bridgehead atoms. The number of aryl methyl sites for hydroxylation is 1. The summed E-state index contributed by atoms with van der Waals surface area (Å²) < 4.78 is 5.76. The Morgan fingerprint density at radius 3 is 2.42 bits per heavy atom. The molecule has 0 radical (unpaired) electrons. The smallest absolute Gasteiger partial charge is 0.411 e. The predicted octanol–water partition coefficient (Wildman–Crippen LogP) is 5.22. The fraction of sp³-hybridized carbons (Fsp3) is 0.276. The van der Waals surface area contributed by atoms with Gasteiger partial charge in [-0.25, -0.2) is 4.79 Å². The van der Waals surface area contributed by atoms with Crippen LogP contribution in [0.4, 0.5) is 10.5 Å². The number of rotatable bonds is 8. The lowest BCUT2D eigenvalue weighted by atomic mass is 9.99. The van der Waals surface area contributed by atoms with Crippen molar-refractivity contribution in [1.29, 1.82) is 0 Å². The highest BCUT2D eigenvalue weighted by molar-refractivity contribution is 6.04. The maximum atomic E-state index is 13.4. The van der Waals surface area contributed by atoms with Gasteiger partial charge in [-0.15, -0.1) is 0 Å². The Hall–Kier alpha value is -4.13. The van der Waals surface area contributed by atoms with Gasteiger partial charge in [0.25, 0.3) is 5.91 Å². The molecule has 36 heavy (non-hydrogen) atoms. The molecule has 0 aromatic heterocycles. The highest BCUT2D eigenvalue weighted by Crippen LogP contribution is 2.35. The van der Waals surface area contributed by atoms with Crippen LogP contribution in [0.3, 0.4) is 0 Å². The molecule has 3 aromatic rings. The van der Waals surface area contributed by atoms with Gasteiger partial charge in [0.1, 0.15) is 0 Å². The molecule has 3 amide bonds. The Kier molecular flexibility index (Phi) is 7.68. The molecule has 1 saturated heterocycles. The average molecular weight is 486 g/mol. The Morgan fingerprint density at radius 1 is 1.00 bits per heavy atom. The van der Waals surface area contributed by atoms with Crippen molar-refractivity contribution in [1.82, 2.24) is 10.2 Å². The Labute approximate surface area is 211 Å². The van der Waals surface area contributed by atoms with Crippen LogP contribution in [-0.2, 0) is 16.1 Å². The van der Waals surface area contributed by atoms with Crippen molar-refractivity contribution >= 4 is 23.6 Å². The van der Waals surface area contributed by atoms with E-state index in [4.69, 9.17) is 4.74 Å². The monoisotopic (exact) mass is 485 g/mol. The number of ether oxygens (including phenoxy) is 1. The second kappa shape index (κ2) is 11.1. The van der Waals surface area contributed by atoms with Crippen molar-refractivity contribution in [2.45, 2.75) is 51.9 Å². The Balaban J connectivity index is 1.61. The van der Waals surface area contributed by atoms with Crippen LogP contribution in [0.15, 0.2) is 78.9 Å². The zero-order chi connectivity index (χ0) is 25.7. The van der Waals surface area contributed by atoms with Crippen molar-refractivity contribution in [2.24, 2.45) is 0 Å². The molecule has 3 aromatic carbocycles. The van der Waals surface area contributed by atoms with E-state index >= 15 is 0 Å². The number of cyclic esters (lactones) is 1. The van der Waals surface area contributed by atoms with Crippen molar-refractivity contribution in [2.75, 3.05) is 5.32 Å². The molecule has 0 aliphatic carbocycles. The van der Waals surface area contributed by atoms with E-state index in [2.05, 4.69) is 10.6 Å². The Bertz CT molecular complexity index is 1230. The third-order valence-corrected chi connectivity index (χ3v) is 6.34. The standard InChI is InChI=1S/C29H31N3O4/c1-4-20(3)30-28(34)25-26(36-29(35)32(25)18-21-15-13-19(2)14-16-21)23-11-8-12-24(17-23)31-27(33)22-9-6-5-7-10-22/h5-17,20,25-26H,4,18H2,1-3H3,(H,30,34)(H,31,33). The molecule has 3 unspecified atom stereocenters. The van der Waals surface area contributed by atoms with Gasteiger partial charge in [-0.3, -0.25) is 14.5 Å². The number of amides is 3. The minimum atomic E-state index is -0.854. The quantitative estimate of drug-likeness (QED) is 0.458. The summed E-state index contributed by atoms with van der Waals surface area (Å²) in [6.07, 6.45) is -0.610. The van der Waals surface area contributed by atoms with E-state index in [0.717, 1.165) is 17.5 Å². The van der Waals surface area contributed by atoms with Gasteiger partial charge in [-0.2, -0.15) is 0 Å². The third-order valence-electron chi connectivity index (χ3n) is 6.34. The summed E-state index contributed by atoms with van der Waals surface area (Å²) in [6, 6.07) is 22.9. The van der Waals surface area contributed by atoms with Gasteiger partial charge in [-0.1, -0.05) is 67.1 Å². The van der Waals surface area contributed by atoms with Gasteiger partial charge in [0.05, 0.1) is 6.54 Å². The summed E-state index contributed by atoms with van der Waals surface area (Å²) in [5.74, 6) is -0.519. The zero-order valence-electron chi connectivity index (χ0n) is 20.7. The largest absolute Gasteiger partial charge is 0.438 e. The lowest BCUT2D eigenvalue weighted by molar-refractivity contribution is -0.127. The topological polar surface area (TPSA) is 87.7 Å². The van der Waals surface area contributed by atoms with Gasteiger partial charge in [0, 0.05) is 17.3 Å². The fourth-order valence-electron chi connectivity index (χ4n) is 4.12. The molecule has 7 heteroatoms. The SMILES string of the molecule is CCC(C)NC(=O)C1C(c2cccc(NC(=O)c3ccccc3)c2)OC(=O)N1Cc1ccc(C)cc1. The summed E-state index contributed by atoms with van der Waals surface area (Å²) in [7, 11) is 0. The van der Waals surface area contributed by atoms with Gasteiger partial charge >= 0.3 is 6.09 Å². The van der Waals surface area contributed by atoms with E-state index in [1.165, 1.54) is 4.90 Å². The molecule has 0 saturated carbocycles. The molecule has 186 valence electrons. The van der Waals surface area contributed by atoms with Gasteiger partial charge < -0.3 is 15.4 Å². The lowest BCUT2D eigenvalue weighted by Gasteiger charge is -2.26. The molecule has 1 heterocycles. The minimum Gasteiger partial charge on any atom is -0.438 e. The van der Waals surface area contributed by atoms with Crippen molar-refractivity contribution in [3.8, 4) is 0 Å². The molecule has 1 aliphatic rings. The first-order valence-corrected chi connectivity index (χ1v) is 12.1. The highest BCUT2D eigenvalue weighted by Gasteiger charge is 2.47. The molecule has 7 nitrogen and oxygen atoms in total. The van der Waals surface area contributed by atoms with Crippen LogP contribution in [0, 0.1) is 6.92 Å². The predicted molar refractivity (Wildman–Crippen MR) is 138 cm³/mol. The molecular formula is C29H31N3O4. The van der Waals surface area contributed by atoms with E-state index in [1.54, 1.807) is 48.5 Å². The maximum Gasteiger partial charge on any atom is 0.411 e. The van der Waals surface area contributed by atoms with Crippen LogP contribution >= 0.6 is 0 Å². The first kappa shape index (κ1) is 25.0.